The number of allylic oxidation sites excluding steroid dienone is 9. The van der Waals surface area contributed by atoms with Crippen LogP contribution in [0.2, 0.25) is 0 Å². The molecule has 0 bridgehead atoms. The highest BCUT2D eigenvalue weighted by Crippen LogP contribution is 2.07. The highest BCUT2D eigenvalue weighted by Gasteiger charge is 1.88. The van der Waals surface area contributed by atoms with Crippen molar-refractivity contribution in [3.63, 3.8) is 0 Å². The Morgan fingerprint density at radius 3 is 2.00 bits per heavy atom. The van der Waals surface area contributed by atoms with Crippen LogP contribution in [-0.4, -0.2) is 0 Å². The van der Waals surface area contributed by atoms with Crippen LogP contribution in [-0.2, 0) is 0 Å². The van der Waals surface area contributed by atoms with Gasteiger partial charge in [-0.25, -0.2) is 0 Å². The molecule has 0 nitrogen and oxygen atoms in total. The fourth-order valence-corrected chi connectivity index (χ4v) is 1.65. The molecule has 1 radical (unpaired) electrons. The van der Waals surface area contributed by atoms with Gasteiger partial charge in [0.15, 0.2) is 0 Å². The van der Waals surface area contributed by atoms with Gasteiger partial charge >= 0.3 is 0 Å². The molecule has 0 aliphatic heterocycles. The van der Waals surface area contributed by atoms with Crippen molar-refractivity contribution in [1.82, 2.24) is 0 Å². The van der Waals surface area contributed by atoms with Gasteiger partial charge in [-0.3, -0.25) is 0 Å². The third-order valence-corrected chi connectivity index (χ3v) is 2.71. The van der Waals surface area contributed by atoms with E-state index in [4.69, 9.17) is 0 Å². The Kier molecular flexibility index (Phi) is 15.6. The van der Waals surface area contributed by atoms with Gasteiger partial charge in [-0.15, -0.1) is 0 Å². The van der Waals surface area contributed by atoms with Crippen LogP contribution in [0.1, 0.15) is 51.9 Å². The van der Waals surface area contributed by atoms with Gasteiger partial charge in [0.05, 0.1) is 0 Å². The Balaban J connectivity index is 3.34. The first-order chi connectivity index (χ1) is 9.41. The van der Waals surface area contributed by atoms with E-state index in [1.165, 1.54) is 44.9 Å². The first kappa shape index (κ1) is 17.7. The first-order valence-electron chi connectivity index (χ1n) is 7.51. The summed E-state index contributed by atoms with van der Waals surface area (Å²) in [6, 6.07) is 0. The lowest BCUT2D eigenvalue weighted by Crippen LogP contribution is -1.79. The van der Waals surface area contributed by atoms with Crippen LogP contribution >= 0.6 is 0 Å². The molecule has 0 saturated heterocycles. The van der Waals surface area contributed by atoms with Crippen LogP contribution in [0, 0.1) is 6.42 Å². The molecule has 0 atom stereocenters. The van der Waals surface area contributed by atoms with Gasteiger partial charge in [0.2, 0.25) is 0 Å². The largest absolute Gasteiger partial charge is 0.0991 e. The van der Waals surface area contributed by atoms with E-state index in [0.717, 1.165) is 0 Å². The SMILES string of the molecule is C=C\C=C/C=C/C=C\C=C/CCCCC[CH]CCC. The highest BCUT2D eigenvalue weighted by molar-refractivity contribution is 5.17. The van der Waals surface area contributed by atoms with Crippen LogP contribution in [0.5, 0.6) is 0 Å². The molecule has 0 aromatic heterocycles. The molecule has 0 heterocycles. The summed E-state index contributed by atoms with van der Waals surface area (Å²) in [5, 5.41) is 0. The Morgan fingerprint density at radius 1 is 0.684 bits per heavy atom. The monoisotopic (exact) mass is 257 g/mol. The van der Waals surface area contributed by atoms with Gasteiger partial charge < -0.3 is 0 Å². The van der Waals surface area contributed by atoms with E-state index in [0.29, 0.717) is 0 Å². The molecule has 0 unspecified atom stereocenters. The van der Waals surface area contributed by atoms with Crippen LogP contribution in [0.3, 0.4) is 0 Å². The normalized spacial score (nSPS) is 12.5. The zero-order valence-corrected chi connectivity index (χ0v) is 12.4. The van der Waals surface area contributed by atoms with Crippen molar-refractivity contribution in [2.45, 2.75) is 51.9 Å². The summed E-state index contributed by atoms with van der Waals surface area (Å²) in [6.07, 6.45) is 29.7. The van der Waals surface area contributed by atoms with E-state index >= 15 is 0 Å². The fraction of sp³-hybridized carbons (Fsp3) is 0.421. The molecular formula is C19H29. The standard InChI is InChI=1S/C19H29/c1-3-5-7-9-11-13-15-17-19-18-16-14-12-10-8-6-4-2/h3,5,7-9,11,13,15,17,19H,1,4,6,10,12,14,16,18H2,2H3/b7-5-,11-9+,15-13-,19-17-. The second-order valence-electron chi connectivity index (χ2n) is 4.53. The molecule has 0 saturated carbocycles. The molecule has 0 rings (SSSR count). The number of hydrogen-bond donors (Lipinski definition) is 0. The maximum atomic E-state index is 3.61. The summed E-state index contributed by atoms with van der Waals surface area (Å²) < 4.78 is 0. The highest BCUT2D eigenvalue weighted by atomic mass is 13.9. The lowest BCUT2D eigenvalue weighted by molar-refractivity contribution is 0.664. The van der Waals surface area contributed by atoms with Gasteiger partial charge in [-0.2, -0.15) is 0 Å². The van der Waals surface area contributed by atoms with E-state index in [1.54, 1.807) is 6.08 Å². The molecule has 0 aromatic carbocycles. The minimum Gasteiger partial charge on any atom is -0.0991 e. The summed E-state index contributed by atoms with van der Waals surface area (Å²) in [5.74, 6) is 0. The predicted molar refractivity (Wildman–Crippen MR) is 89.1 cm³/mol. The van der Waals surface area contributed by atoms with Gasteiger partial charge in [0.25, 0.3) is 0 Å². The maximum absolute atomic E-state index is 3.61. The molecule has 0 aliphatic rings. The van der Waals surface area contributed by atoms with Crippen molar-refractivity contribution in [3.8, 4) is 0 Å². The van der Waals surface area contributed by atoms with Crippen molar-refractivity contribution in [2.75, 3.05) is 0 Å². The second kappa shape index (κ2) is 16.7. The van der Waals surface area contributed by atoms with Crippen molar-refractivity contribution in [3.05, 3.63) is 67.7 Å². The molecule has 0 N–H and O–H groups in total. The molecule has 0 aromatic rings. The van der Waals surface area contributed by atoms with Crippen LogP contribution in [0.25, 0.3) is 0 Å². The van der Waals surface area contributed by atoms with Crippen LogP contribution < -0.4 is 0 Å². The quantitative estimate of drug-likeness (QED) is 0.282. The third-order valence-electron chi connectivity index (χ3n) is 2.71. The van der Waals surface area contributed by atoms with Gasteiger partial charge in [-0.1, -0.05) is 100 Å². The second-order valence-corrected chi connectivity index (χ2v) is 4.53. The Hall–Kier alpha value is -1.30. The Labute approximate surface area is 120 Å². The summed E-state index contributed by atoms with van der Waals surface area (Å²) in [6.45, 7) is 5.85. The summed E-state index contributed by atoms with van der Waals surface area (Å²) in [4.78, 5) is 0. The maximum Gasteiger partial charge on any atom is -0.0348 e. The van der Waals surface area contributed by atoms with Gasteiger partial charge in [0, 0.05) is 0 Å². The van der Waals surface area contributed by atoms with Crippen molar-refractivity contribution < 1.29 is 0 Å². The lowest BCUT2D eigenvalue weighted by Gasteiger charge is -1.98. The van der Waals surface area contributed by atoms with Gasteiger partial charge in [-0.05, 0) is 19.3 Å². The molecule has 19 heavy (non-hydrogen) atoms. The minimum atomic E-state index is 1.19. The Morgan fingerprint density at radius 2 is 1.32 bits per heavy atom. The van der Waals surface area contributed by atoms with Crippen molar-refractivity contribution in [1.29, 1.82) is 0 Å². The third kappa shape index (κ3) is 16.7. The van der Waals surface area contributed by atoms with E-state index in [2.05, 4.69) is 38.2 Å². The van der Waals surface area contributed by atoms with E-state index < -0.39 is 0 Å². The zero-order chi connectivity index (χ0) is 14.0. The molecule has 0 heteroatoms. The summed E-state index contributed by atoms with van der Waals surface area (Å²) in [7, 11) is 0. The van der Waals surface area contributed by atoms with Gasteiger partial charge in [0.1, 0.15) is 0 Å². The first-order valence-corrected chi connectivity index (χ1v) is 7.51. The Bertz CT molecular complexity index is 289. The van der Waals surface area contributed by atoms with Crippen molar-refractivity contribution in [2.24, 2.45) is 0 Å². The number of hydrogen-bond acceptors (Lipinski definition) is 0. The average molecular weight is 257 g/mol. The zero-order valence-electron chi connectivity index (χ0n) is 12.4. The van der Waals surface area contributed by atoms with Crippen molar-refractivity contribution >= 4 is 0 Å². The minimum absolute atomic E-state index is 1.19. The summed E-state index contributed by atoms with van der Waals surface area (Å²) in [5.41, 5.74) is 0. The van der Waals surface area contributed by atoms with E-state index in [1.807, 2.05) is 30.4 Å². The number of rotatable bonds is 12. The molecular weight excluding hydrogens is 228 g/mol. The van der Waals surface area contributed by atoms with Crippen LogP contribution in [0.15, 0.2) is 61.3 Å². The van der Waals surface area contributed by atoms with E-state index in [-0.39, 0.29) is 0 Å². The topological polar surface area (TPSA) is 0 Å². The lowest BCUT2D eigenvalue weighted by atomic mass is 10.1. The predicted octanol–water partition coefficient (Wildman–Crippen LogP) is 6.35. The molecule has 0 spiro atoms. The molecule has 0 aliphatic carbocycles. The fourth-order valence-electron chi connectivity index (χ4n) is 1.65. The summed E-state index contributed by atoms with van der Waals surface area (Å²) >= 11 is 0. The number of unbranched alkanes of at least 4 members (excludes halogenated alkanes) is 7. The molecule has 0 amide bonds. The molecule has 0 fully saturated rings. The average Bonchev–Trinajstić information content (AvgIpc) is 2.43. The molecule has 105 valence electrons. The van der Waals surface area contributed by atoms with E-state index in [9.17, 15) is 0 Å². The smallest absolute Gasteiger partial charge is 0.0348 e. The van der Waals surface area contributed by atoms with Crippen LogP contribution in [0.4, 0.5) is 0 Å².